The highest BCUT2D eigenvalue weighted by Gasteiger charge is 2.33. The zero-order valence-corrected chi connectivity index (χ0v) is 16.1. The third-order valence-electron chi connectivity index (χ3n) is 5.45. The van der Waals surface area contributed by atoms with Crippen LogP contribution in [0.1, 0.15) is 17.2 Å². The van der Waals surface area contributed by atoms with Crippen LogP contribution in [-0.4, -0.2) is 39.5 Å². The molecule has 24 heavy (non-hydrogen) atoms. The number of hydrogen-bond acceptors (Lipinski definition) is 2. The number of hydrogen-bond donors (Lipinski definition) is 2. The highest BCUT2D eigenvalue weighted by atomic mass is 32.2. The van der Waals surface area contributed by atoms with Crippen molar-refractivity contribution in [1.29, 1.82) is 0 Å². The molecule has 2 aromatic carbocycles. The minimum Gasteiger partial charge on any atom is -0.328 e. The third-order valence-corrected chi connectivity index (χ3v) is 7.38. The van der Waals surface area contributed by atoms with E-state index in [1.807, 2.05) is 23.5 Å². The molecule has 1 fully saturated rings. The lowest BCUT2D eigenvalue weighted by molar-refractivity contribution is -1.02. The van der Waals surface area contributed by atoms with Crippen molar-refractivity contribution in [2.75, 3.05) is 39.5 Å². The van der Waals surface area contributed by atoms with Gasteiger partial charge in [-0.05, 0) is 36.1 Å². The molecule has 2 aliphatic heterocycles. The van der Waals surface area contributed by atoms with Crippen molar-refractivity contribution < 1.29 is 9.80 Å². The molecule has 0 saturated carbocycles. The van der Waals surface area contributed by atoms with Crippen LogP contribution in [0, 0.1) is 0 Å². The maximum absolute atomic E-state index is 2.46. The van der Waals surface area contributed by atoms with E-state index in [9.17, 15) is 0 Å². The fraction of sp³-hybridized carbons (Fsp3) is 0.400. The van der Waals surface area contributed by atoms with Crippen LogP contribution in [-0.2, 0) is 6.42 Å². The topological polar surface area (TPSA) is 8.88 Å². The first-order valence-electron chi connectivity index (χ1n) is 8.84. The first kappa shape index (κ1) is 16.5. The molecule has 0 bridgehead atoms. The van der Waals surface area contributed by atoms with Crippen LogP contribution in [0.25, 0.3) is 0 Å². The Kier molecular flexibility index (Phi) is 4.90. The van der Waals surface area contributed by atoms with Gasteiger partial charge in [0, 0.05) is 26.7 Å². The number of likely N-dealkylation sites (N-methyl/N-ethyl adjacent to an activating group) is 1. The van der Waals surface area contributed by atoms with E-state index >= 15 is 0 Å². The second-order valence-corrected chi connectivity index (χ2v) is 8.95. The predicted octanol–water partition coefficient (Wildman–Crippen LogP) is 1.57. The molecule has 1 atom stereocenters. The molecule has 4 rings (SSSR count). The molecule has 2 N–H and O–H groups in total. The second-order valence-electron chi connectivity index (χ2n) is 6.99. The molecule has 4 heteroatoms. The van der Waals surface area contributed by atoms with E-state index in [0.717, 1.165) is 0 Å². The highest BCUT2D eigenvalue weighted by Crippen LogP contribution is 2.41. The summed E-state index contributed by atoms with van der Waals surface area (Å²) in [6.07, 6.45) is 3.35. The average Bonchev–Trinajstić information content (AvgIpc) is 2.78. The van der Waals surface area contributed by atoms with Crippen molar-refractivity contribution in [2.24, 2.45) is 0 Å². The number of thioether (sulfide) groups is 1. The van der Waals surface area contributed by atoms with Gasteiger partial charge in [-0.25, -0.2) is 0 Å². The first-order chi connectivity index (χ1) is 11.7. The van der Waals surface area contributed by atoms with Gasteiger partial charge in [0.2, 0.25) is 0 Å². The molecule has 2 nitrogen and oxygen atoms in total. The van der Waals surface area contributed by atoms with Gasteiger partial charge in [0.1, 0.15) is 32.2 Å². The Morgan fingerprint density at radius 1 is 1.00 bits per heavy atom. The van der Waals surface area contributed by atoms with Gasteiger partial charge in [0.15, 0.2) is 0 Å². The summed E-state index contributed by atoms with van der Waals surface area (Å²) in [6, 6.07) is 16.7. The summed E-state index contributed by atoms with van der Waals surface area (Å²) in [5, 5.41) is 0. The zero-order valence-electron chi connectivity index (χ0n) is 14.5. The van der Waals surface area contributed by atoms with Gasteiger partial charge in [-0.1, -0.05) is 30.0 Å². The third kappa shape index (κ3) is 3.25. The summed E-state index contributed by atoms with van der Waals surface area (Å²) >= 11 is 3.82. The van der Waals surface area contributed by atoms with E-state index in [1.165, 1.54) is 52.8 Å². The normalized spacial score (nSPS) is 26.3. The minimum atomic E-state index is 0.594. The van der Waals surface area contributed by atoms with Gasteiger partial charge < -0.3 is 9.80 Å². The second kappa shape index (κ2) is 7.12. The Balaban J connectivity index is 1.76. The van der Waals surface area contributed by atoms with Crippen molar-refractivity contribution in [3.05, 3.63) is 53.6 Å². The SMILES string of the molecule is CSc1ccc2c(c1)[C@@H]([NH+]1CC[NH+](C)CC1)Cc1ccccc1S2. The highest BCUT2D eigenvalue weighted by molar-refractivity contribution is 7.99. The monoisotopic (exact) mass is 358 g/mol. The number of rotatable bonds is 2. The molecule has 2 heterocycles. The quantitative estimate of drug-likeness (QED) is 0.789. The van der Waals surface area contributed by atoms with E-state index in [0.29, 0.717) is 6.04 Å². The molecule has 0 aliphatic carbocycles. The van der Waals surface area contributed by atoms with Crippen LogP contribution in [0.4, 0.5) is 0 Å². The molecule has 0 unspecified atom stereocenters. The van der Waals surface area contributed by atoms with Crippen molar-refractivity contribution in [3.8, 4) is 0 Å². The largest absolute Gasteiger partial charge is 0.328 e. The number of benzene rings is 2. The van der Waals surface area contributed by atoms with E-state index < -0.39 is 0 Å². The number of nitrogens with one attached hydrogen (secondary N) is 2. The van der Waals surface area contributed by atoms with Gasteiger partial charge in [-0.15, -0.1) is 11.8 Å². The Morgan fingerprint density at radius 3 is 2.58 bits per heavy atom. The Morgan fingerprint density at radius 2 is 1.79 bits per heavy atom. The van der Waals surface area contributed by atoms with E-state index in [4.69, 9.17) is 0 Å². The van der Waals surface area contributed by atoms with Crippen LogP contribution in [0.2, 0.25) is 0 Å². The lowest BCUT2D eigenvalue weighted by Crippen LogP contribution is -3.27. The average molecular weight is 359 g/mol. The van der Waals surface area contributed by atoms with Crippen LogP contribution in [0.3, 0.4) is 0 Å². The standard InChI is InChI=1S/C20H24N2S2/c1-21-9-11-22(12-10-21)18-13-15-5-3-4-6-19(15)24-20-8-7-16(23-2)14-17(18)20/h3-8,14,18H,9-13H2,1-2H3/p+2/t18-/m0/s1. The molecule has 0 radical (unpaired) electrons. The summed E-state index contributed by atoms with van der Waals surface area (Å²) in [5.41, 5.74) is 3.09. The smallest absolute Gasteiger partial charge is 0.127 e. The summed E-state index contributed by atoms with van der Waals surface area (Å²) in [4.78, 5) is 7.75. The number of quaternary nitrogens is 2. The van der Waals surface area contributed by atoms with Gasteiger partial charge in [0.25, 0.3) is 0 Å². The van der Waals surface area contributed by atoms with Gasteiger partial charge >= 0.3 is 0 Å². The van der Waals surface area contributed by atoms with Crippen molar-refractivity contribution in [1.82, 2.24) is 0 Å². The fourth-order valence-electron chi connectivity index (χ4n) is 3.95. The van der Waals surface area contributed by atoms with E-state index in [1.54, 1.807) is 15.4 Å². The van der Waals surface area contributed by atoms with E-state index in [-0.39, 0.29) is 0 Å². The van der Waals surface area contributed by atoms with Gasteiger partial charge in [-0.2, -0.15) is 0 Å². The van der Waals surface area contributed by atoms with Gasteiger partial charge in [0.05, 0.1) is 7.05 Å². The summed E-state index contributed by atoms with van der Waals surface area (Å²) in [7, 11) is 2.33. The molecule has 0 amide bonds. The Labute approximate surface area is 153 Å². The minimum absolute atomic E-state index is 0.594. The lowest BCUT2D eigenvalue weighted by Gasteiger charge is -2.33. The summed E-state index contributed by atoms with van der Waals surface area (Å²) in [6.45, 7) is 5.15. The van der Waals surface area contributed by atoms with Gasteiger partial charge in [-0.3, -0.25) is 0 Å². The predicted molar refractivity (Wildman–Crippen MR) is 103 cm³/mol. The molecule has 2 aromatic rings. The van der Waals surface area contributed by atoms with Crippen molar-refractivity contribution in [2.45, 2.75) is 27.1 Å². The van der Waals surface area contributed by atoms with Crippen LogP contribution >= 0.6 is 23.5 Å². The lowest BCUT2D eigenvalue weighted by atomic mass is 9.96. The maximum Gasteiger partial charge on any atom is 0.127 e. The molecule has 126 valence electrons. The number of piperazine rings is 1. The zero-order chi connectivity index (χ0) is 16.5. The molecular formula is C20H26N2S2+2. The molecule has 0 aromatic heterocycles. The summed E-state index contributed by atoms with van der Waals surface area (Å²) in [5.74, 6) is 0. The molecule has 2 aliphatic rings. The Bertz CT molecular complexity index is 723. The van der Waals surface area contributed by atoms with E-state index in [2.05, 4.69) is 55.8 Å². The van der Waals surface area contributed by atoms with Crippen LogP contribution in [0.15, 0.2) is 57.2 Å². The molecule has 0 spiro atoms. The van der Waals surface area contributed by atoms with Crippen LogP contribution < -0.4 is 9.80 Å². The Hall–Kier alpha value is -0.940. The van der Waals surface area contributed by atoms with Crippen LogP contribution in [0.5, 0.6) is 0 Å². The number of fused-ring (bicyclic) bond motifs is 2. The summed E-state index contributed by atoms with van der Waals surface area (Å²) < 4.78 is 0. The van der Waals surface area contributed by atoms with Crippen molar-refractivity contribution >= 4 is 23.5 Å². The fourth-order valence-corrected chi connectivity index (χ4v) is 5.52. The first-order valence-corrected chi connectivity index (χ1v) is 10.9. The molecule has 1 saturated heterocycles. The maximum atomic E-state index is 2.46. The van der Waals surface area contributed by atoms with Crippen molar-refractivity contribution in [3.63, 3.8) is 0 Å². The molecular weight excluding hydrogens is 332 g/mol.